The molecule has 0 aliphatic carbocycles. The second-order valence-electron chi connectivity index (χ2n) is 3.72. The number of hydrogen-bond acceptors (Lipinski definition) is 5. The van der Waals surface area contributed by atoms with E-state index in [4.69, 9.17) is 14.3 Å². The molecule has 0 fully saturated rings. The van der Waals surface area contributed by atoms with Crippen LogP contribution in [-0.4, -0.2) is 21.5 Å². The molecule has 0 bridgehead atoms. The SMILES string of the molecule is CC(C)OP(=O)(OC(C)C)C(C#N)N=C(Br)Br. The summed E-state index contributed by atoms with van der Waals surface area (Å²) in [5, 5.41) is 9.01. The van der Waals surface area contributed by atoms with Crippen molar-refractivity contribution in [3.8, 4) is 6.07 Å². The van der Waals surface area contributed by atoms with E-state index in [9.17, 15) is 4.57 Å². The van der Waals surface area contributed by atoms with Crippen molar-refractivity contribution in [1.82, 2.24) is 0 Å². The average Bonchev–Trinajstić information content (AvgIpc) is 2.10. The summed E-state index contributed by atoms with van der Waals surface area (Å²) in [5.74, 6) is -1.19. The summed E-state index contributed by atoms with van der Waals surface area (Å²) in [4.78, 5) is 3.85. The molecular weight excluding hydrogens is 375 g/mol. The van der Waals surface area contributed by atoms with E-state index in [1.54, 1.807) is 27.7 Å². The Labute approximate surface area is 118 Å². The van der Waals surface area contributed by atoms with Gasteiger partial charge in [0.15, 0.2) is 0 Å². The molecule has 0 aliphatic heterocycles. The average molecular weight is 390 g/mol. The van der Waals surface area contributed by atoms with Crippen molar-refractivity contribution in [2.45, 2.75) is 45.7 Å². The molecule has 98 valence electrons. The van der Waals surface area contributed by atoms with Crippen molar-refractivity contribution in [3.63, 3.8) is 0 Å². The zero-order valence-electron chi connectivity index (χ0n) is 10.1. The van der Waals surface area contributed by atoms with Crippen LogP contribution in [0, 0.1) is 11.3 Å². The van der Waals surface area contributed by atoms with Gasteiger partial charge in [0.25, 0.3) is 0 Å². The standard InChI is InChI=1S/C9H15Br2N2O3P/c1-6(2)15-17(14,16-7(3)4)8(5-12)13-9(10)11/h6-8H,1-4H3. The Kier molecular flexibility index (Phi) is 7.77. The Bertz CT molecular complexity index is 348. The maximum absolute atomic E-state index is 12.5. The third-order valence-electron chi connectivity index (χ3n) is 1.35. The molecule has 0 spiro atoms. The maximum Gasteiger partial charge on any atom is 0.369 e. The lowest BCUT2D eigenvalue weighted by Gasteiger charge is -2.24. The molecule has 0 saturated carbocycles. The number of halogens is 2. The van der Waals surface area contributed by atoms with Gasteiger partial charge in [-0.25, -0.2) is 4.99 Å². The zero-order valence-corrected chi connectivity index (χ0v) is 14.1. The lowest BCUT2D eigenvalue weighted by atomic mass is 10.5. The van der Waals surface area contributed by atoms with Gasteiger partial charge in [-0.15, -0.1) is 0 Å². The Morgan fingerprint density at radius 2 is 1.65 bits per heavy atom. The van der Waals surface area contributed by atoms with Crippen molar-refractivity contribution in [2.75, 3.05) is 0 Å². The molecule has 1 unspecified atom stereocenters. The zero-order chi connectivity index (χ0) is 13.6. The molecule has 5 nitrogen and oxygen atoms in total. The molecule has 0 amide bonds. The van der Waals surface area contributed by atoms with Crippen molar-refractivity contribution >= 4 is 43.0 Å². The molecule has 0 aliphatic rings. The molecule has 8 heteroatoms. The quantitative estimate of drug-likeness (QED) is 0.508. The number of nitriles is 1. The number of aliphatic imine (C=N–C) groups is 1. The first kappa shape index (κ1) is 17.3. The van der Waals surface area contributed by atoms with Crippen LogP contribution in [0.4, 0.5) is 0 Å². The molecular formula is C9H15Br2N2O3P. The van der Waals surface area contributed by atoms with Crippen LogP contribution in [0.1, 0.15) is 27.7 Å². The number of nitrogens with zero attached hydrogens (tertiary/aromatic N) is 2. The minimum absolute atomic E-state index is 0.288. The maximum atomic E-state index is 12.5. The predicted molar refractivity (Wildman–Crippen MR) is 74.7 cm³/mol. The summed E-state index contributed by atoms with van der Waals surface area (Å²) in [6, 6.07) is 1.82. The highest BCUT2D eigenvalue weighted by atomic mass is 79.9. The van der Waals surface area contributed by atoms with Crippen LogP contribution in [0.15, 0.2) is 4.99 Å². The van der Waals surface area contributed by atoms with Crippen LogP contribution in [0.3, 0.4) is 0 Å². The van der Waals surface area contributed by atoms with Crippen LogP contribution in [-0.2, 0) is 13.6 Å². The summed E-state index contributed by atoms with van der Waals surface area (Å²) >= 11 is 6.05. The van der Waals surface area contributed by atoms with Gasteiger partial charge >= 0.3 is 7.60 Å². The molecule has 0 saturated heterocycles. The van der Waals surface area contributed by atoms with Crippen LogP contribution in [0.5, 0.6) is 0 Å². The highest BCUT2D eigenvalue weighted by molar-refractivity contribution is 9.39. The minimum Gasteiger partial charge on any atom is -0.304 e. The van der Waals surface area contributed by atoms with Gasteiger partial charge in [0.2, 0.25) is 5.78 Å². The van der Waals surface area contributed by atoms with Gasteiger partial charge in [-0.05, 0) is 59.6 Å². The fraction of sp³-hybridized carbons (Fsp3) is 0.778. The van der Waals surface area contributed by atoms with Gasteiger partial charge in [0.1, 0.15) is 9.60 Å². The first-order valence-corrected chi connectivity index (χ1v) is 8.16. The predicted octanol–water partition coefficient (Wildman–Crippen LogP) is 4.02. The van der Waals surface area contributed by atoms with E-state index in [0.29, 0.717) is 0 Å². The van der Waals surface area contributed by atoms with Crippen LogP contribution < -0.4 is 0 Å². The molecule has 0 heterocycles. The van der Waals surface area contributed by atoms with Gasteiger partial charge in [-0.3, -0.25) is 4.57 Å². The van der Waals surface area contributed by atoms with E-state index in [2.05, 4.69) is 36.9 Å². The van der Waals surface area contributed by atoms with Gasteiger partial charge in [-0.2, -0.15) is 5.26 Å². The van der Waals surface area contributed by atoms with E-state index >= 15 is 0 Å². The topological polar surface area (TPSA) is 71.7 Å². The fourth-order valence-corrected chi connectivity index (χ4v) is 3.57. The smallest absolute Gasteiger partial charge is 0.304 e. The summed E-state index contributed by atoms with van der Waals surface area (Å²) < 4.78 is 23.3. The highest BCUT2D eigenvalue weighted by Crippen LogP contribution is 2.55. The first-order valence-electron chi connectivity index (χ1n) is 4.96. The molecule has 0 aromatic heterocycles. The molecule has 0 rings (SSSR count). The van der Waals surface area contributed by atoms with Crippen LogP contribution in [0.25, 0.3) is 0 Å². The van der Waals surface area contributed by atoms with Gasteiger partial charge in [-0.1, -0.05) is 0 Å². The first-order chi connectivity index (χ1) is 7.71. The second-order valence-corrected chi connectivity index (χ2v) is 8.28. The second kappa shape index (κ2) is 7.65. The van der Waals surface area contributed by atoms with E-state index in [-0.39, 0.29) is 15.7 Å². The fourth-order valence-electron chi connectivity index (χ4n) is 0.991. The molecule has 0 aromatic rings. The van der Waals surface area contributed by atoms with Crippen molar-refractivity contribution < 1.29 is 13.6 Å². The Morgan fingerprint density at radius 3 is 1.88 bits per heavy atom. The molecule has 0 N–H and O–H groups in total. The van der Waals surface area contributed by atoms with Gasteiger partial charge in [0, 0.05) is 0 Å². The number of rotatable bonds is 6. The van der Waals surface area contributed by atoms with Crippen LogP contribution in [0.2, 0.25) is 0 Å². The van der Waals surface area contributed by atoms with E-state index in [0.717, 1.165) is 0 Å². The van der Waals surface area contributed by atoms with Gasteiger partial charge < -0.3 is 9.05 Å². The minimum atomic E-state index is -3.60. The summed E-state index contributed by atoms with van der Waals surface area (Å²) in [7, 11) is -3.60. The lowest BCUT2D eigenvalue weighted by molar-refractivity contribution is 0.140. The third kappa shape index (κ3) is 6.68. The Morgan fingerprint density at radius 1 is 1.24 bits per heavy atom. The van der Waals surface area contributed by atoms with E-state index in [1.165, 1.54) is 0 Å². The van der Waals surface area contributed by atoms with Crippen LogP contribution >= 0.6 is 39.5 Å². The summed E-state index contributed by atoms with van der Waals surface area (Å²) in [5.41, 5.74) is 0. The largest absolute Gasteiger partial charge is 0.369 e. The lowest BCUT2D eigenvalue weighted by Crippen LogP contribution is -2.16. The van der Waals surface area contributed by atoms with Gasteiger partial charge in [0.05, 0.1) is 12.2 Å². The monoisotopic (exact) mass is 388 g/mol. The van der Waals surface area contributed by atoms with Crippen molar-refractivity contribution in [2.24, 2.45) is 4.99 Å². The normalized spacial score (nSPS) is 13.6. The molecule has 1 atom stereocenters. The highest BCUT2D eigenvalue weighted by Gasteiger charge is 2.38. The Balaban J connectivity index is 5.21. The van der Waals surface area contributed by atoms with Crippen molar-refractivity contribution in [1.29, 1.82) is 5.26 Å². The third-order valence-corrected chi connectivity index (χ3v) is 4.02. The van der Waals surface area contributed by atoms with E-state index < -0.39 is 13.4 Å². The molecule has 0 radical (unpaired) electrons. The summed E-state index contributed by atoms with van der Waals surface area (Å²) in [6.45, 7) is 6.88. The molecule has 0 aromatic carbocycles. The molecule has 17 heavy (non-hydrogen) atoms. The number of hydrogen-bond donors (Lipinski definition) is 0. The van der Waals surface area contributed by atoms with Crippen molar-refractivity contribution in [3.05, 3.63) is 0 Å². The van der Waals surface area contributed by atoms with E-state index in [1.807, 2.05) is 6.07 Å². The Hall–Kier alpha value is 0.270. The summed E-state index contributed by atoms with van der Waals surface area (Å²) in [6.07, 6.45) is -0.639.